The lowest BCUT2D eigenvalue weighted by Gasteiger charge is -2.19. The number of hydrogen-bond acceptors (Lipinski definition) is 7. The first-order chi connectivity index (χ1) is 8.85. The highest BCUT2D eigenvalue weighted by molar-refractivity contribution is 7.85. The second-order valence-electron chi connectivity index (χ2n) is 5.05. The summed E-state index contributed by atoms with van der Waals surface area (Å²) >= 11 is 0. The van der Waals surface area contributed by atoms with Crippen molar-refractivity contribution in [2.75, 3.05) is 0 Å². The summed E-state index contributed by atoms with van der Waals surface area (Å²) < 4.78 is 32.8. The van der Waals surface area contributed by atoms with E-state index in [1.165, 1.54) is 20.8 Å². The summed E-state index contributed by atoms with van der Waals surface area (Å²) in [5.41, 5.74) is -2.74. The van der Waals surface area contributed by atoms with Crippen molar-refractivity contribution < 1.29 is 22.8 Å². The van der Waals surface area contributed by atoms with Crippen molar-refractivity contribution in [1.29, 1.82) is 0 Å². The molecule has 0 amide bonds. The molecule has 1 aromatic rings. The van der Waals surface area contributed by atoms with Gasteiger partial charge in [-0.3, -0.25) is 20.2 Å². The van der Waals surface area contributed by atoms with Gasteiger partial charge in [0.2, 0.25) is 0 Å². The average molecular weight is 303 g/mol. The summed E-state index contributed by atoms with van der Waals surface area (Å²) in [6, 6.07) is 1.10. The molecule has 1 aromatic carbocycles. The van der Waals surface area contributed by atoms with Gasteiger partial charge in [0.05, 0.1) is 14.7 Å². The zero-order valence-electron chi connectivity index (χ0n) is 10.8. The summed E-state index contributed by atoms with van der Waals surface area (Å²) in [4.78, 5) is 19.1. The van der Waals surface area contributed by atoms with Gasteiger partial charge in [-0.2, -0.15) is 0 Å². The van der Waals surface area contributed by atoms with Crippen LogP contribution >= 0.6 is 0 Å². The SMILES string of the molecule is CC(C)(C)c1c([N+](=O)[O-])cc(S(=O)(=O)[O-])cc1[N+](=O)[O-]. The fraction of sp³-hybridized carbons (Fsp3) is 0.400. The van der Waals surface area contributed by atoms with Crippen molar-refractivity contribution in [2.45, 2.75) is 31.1 Å². The fourth-order valence-corrected chi connectivity index (χ4v) is 2.30. The molecule has 0 heterocycles. The molecule has 1 rings (SSSR count). The highest BCUT2D eigenvalue weighted by Gasteiger charge is 2.35. The van der Waals surface area contributed by atoms with Gasteiger partial charge >= 0.3 is 0 Å². The molecule has 0 bridgehead atoms. The minimum Gasteiger partial charge on any atom is -0.744 e. The lowest BCUT2D eigenvalue weighted by Crippen LogP contribution is -2.17. The Balaban J connectivity index is 3.93. The van der Waals surface area contributed by atoms with Gasteiger partial charge in [-0.15, -0.1) is 0 Å². The first kappa shape index (κ1) is 16.0. The maximum atomic E-state index is 11.0. The molecule has 0 N–H and O–H groups in total. The number of benzene rings is 1. The largest absolute Gasteiger partial charge is 0.744 e. The highest BCUT2D eigenvalue weighted by Crippen LogP contribution is 2.40. The number of hydrogen-bond donors (Lipinski definition) is 0. The second-order valence-corrected chi connectivity index (χ2v) is 6.43. The van der Waals surface area contributed by atoms with Crippen LogP contribution in [0.4, 0.5) is 11.4 Å². The minimum absolute atomic E-state index is 0.236. The summed E-state index contributed by atoms with van der Waals surface area (Å²) in [6.45, 7) is 4.52. The van der Waals surface area contributed by atoms with Gasteiger partial charge in [0.25, 0.3) is 11.4 Å². The van der Waals surface area contributed by atoms with E-state index in [1.807, 2.05) is 0 Å². The van der Waals surface area contributed by atoms with E-state index in [0.29, 0.717) is 12.1 Å². The predicted molar refractivity (Wildman–Crippen MR) is 66.4 cm³/mol. The topological polar surface area (TPSA) is 143 Å². The molecule has 10 heteroatoms. The van der Waals surface area contributed by atoms with Gasteiger partial charge in [-0.1, -0.05) is 20.8 Å². The van der Waals surface area contributed by atoms with E-state index in [-0.39, 0.29) is 5.56 Å². The van der Waals surface area contributed by atoms with Crippen LogP contribution in [-0.4, -0.2) is 22.8 Å². The lowest BCUT2D eigenvalue weighted by atomic mass is 9.84. The van der Waals surface area contributed by atoms with Crippen molar-refractivity contribution in [3.8, 4) is 0 Å². The molecular formula is C10H11N2O7S-. The molecule has 110 valence electrons. The molecule has 0 aliphatic carbocycles. The minimum atomic E-state index is -5.04. The Kier molecular flexibility index (Phi) is 3.83. The first-order valence-corrected chi connectivity index (χ1v) is 6.69. The first-order valence-electron chi connectivity index (χ1n) is 5.29. The van der Waals surface area contributed by atoms with Crippen LogP contribution in [0.1, 0.15) is 26.3 Å². The van der Waals surface area contributed by atoms with Gasteiger partial charge in [0.15, 0.2) is 0 Å². The van der Waals surface area contributed by atoms with Crippen LogP contribution in [0.5, 0.6) is 0 Å². The van der Waals surface area contributed by atoms with Crippen LogP contribution in [0.25, 0.3) is 0 Å². The Bertz CT molecular complexity index is 653. The van der Waals surface area contributed by atoms with E-state index in [2.05, 4.69) is 0 Å². The molecule has 0 aliphatic heterocycles. The zero-order valence-corrected chi connectivity index (χ0v) is 11.6. The van der Waals surface area contributed by atoms with E-state index in [1.54, 1.807) is 0 Å². The van der Waals surface area contributed by atoms with Crippen LogP contribution < -0.4 is 0 Å². The maximum Gasteiger partial charge on any atom is 0.281 e. The van der Waals surface area contributed by atoms with E-state index in [0.717, 1.165) is 0 Å². The van der Waals surface area contributed by atoms with E-state index < -0.39 is 41.6 Å². The van der Waals surface area contributed by atoms with Gasteiger partial charge in [-0.05, 0) is 0 Å². The third-order valence-electron chi connectivity index (χ3n) is 2.50. The number of nitro benzene ring substituents is 2. The van der Waals surface area contributed by atoms with Crippen molar-refractivity contribution in [2.24, 2.45) is 0 Å². The van der Waals surface area contributed by atoms with Gasteiger partial charge < -0.3 is 4.55 Å². The van der Waals surface area contributed by atoms with Gasteiger partial charge in [0, 0.05) is 17.5 Å². The average Bonchev–Trinajstić information content (AvgIpc) is 2.24. The van der Waals surface area contributed by atoms with E-state index >= 15 is 0 Å². The summed E-state index contributed by atoms with van der Waals surface area (Å²) in [7, 11) is -5.04. The molecule has 0 spiro atoms. The van der Waals surface area contributed by atoms with Crippen molar-refractivity contribution in [3.05, 3.63) is 37.9 Å². The summed E-state index contributed by atoms with van der Waals surface area (Å²) in [6.07, 6.45) is 0. The molecule has 0 saturated carbocycles. The Morgan fingerprint density at radius 1 is 1.00 bits per heavy atom. The molecule has 0 aromatic heterocycles. The van der Waals surface area contributed by atoms with Gasteiger partial charge in [0.1, 0.15) is 15.7 Å². The van der Waals surface area contributed by atoms with E-state index in [9.17, 15) is 33.2 Å². The van der Waals surface area contributed by atoms with Crippen LogP contribution in [-0.2, 0) is 15.5 Å². The zero-order chi connectivity index (χ0) is 15.9. The van der Waals surface area contributed by atoms with Crippen molar-refractivity contribution in [1.82, 2.24) is 0 Å². The molecular weight excluding hydrogens is 292 g/mol. The van der Waals surface area contributed by atoms with Crippen LogP contribution in [0.3, 0.4) is 0 Å². The molecule has 0 saturated heterocycles. The third kappa shape index (κ3) is 3.08. The molecule has 0 unspecified atom stereocenters. The molecule has 9 nitrogen and oxygen atoms in total. The van der Waals surface area contributed by atoms with Crippen LogP contribution in [0, 0.1) is 20.2 Å². The van der Waals surface area contributed by atoms with Crippen LogP contribution in [0.2, 0.25) is 0 Å². The number of rotatable bonds is 3. The molecule has 0 radical (unpaired) electrons. The quantitative estimate of drug-likeness (QED) is 0.469. The standard InChI is InChI=1S/C10H12N2O7S/c1-10(2,3)9-7(11(13)14)4-6(20(17,18)19)5-8(9)12(15)16/h4-5H,1-3H3,(H,17,18,19)/p-1. The predicted octanol–water partition coefficient (Wildman–Crippen LogP) is 1.70. The Morgan fingerprint density at radius 3 is 1.55 bits per heavy atom. The van der Waals surface area contributed by atoms with Gasteiger partial charge in [-0.25, -0.2) is 8.42 Å². The maximum absolute atomic E-state index is 11.0. The molecule has 0 aliphatic rings. The Morgan fingerprint density at radius 2 is 1.35 bits per heavy atom. The molecule has 20 heavy (non-hydrogen) atoms. The summed E-state index contributed by atoms with van der Waals surface area (Å²) in [5.74, 6) is 0. The number of nitro groups is 2. The Hall–Kier alpha value is -2.07. The summed E-state index contributed by atoms with van der Waals surface area (Å²) in [5, 5.41) is 22.0. The lowest BCUT2D eigenvalue weighted by molar-refractivity contribution is -0.396. The van der Waals surface area contributed by atoms with Crippen molar-refractivity contribution in [3.63, 3.8) is 0 Å². The third-order valence-corrected chi connectivity index (χ3v) is 3.32. The van der Waals surface area contributed by atoms with Crippen LogP contribution in [0.15, 0.2) is 17.0 Å². The van der Waals surface area contributed by atoms with Crippen molar-refractivity contribution >= 4 is 21.5 Å². The normalized spacial score (nSPS) is 12.2. The highest BCUT2D eigenvalue weighted by atomic mass is 32.2. The Labute approximate surface area is 114 Å². The smallest absolute Gasteiger partial charge is 0.281 e. The molecule has 0 fully saturated rings. The second kappa shape index (κ2) is 4.80. The number of nitrogens with zero attached hydrogens (tertiary/aromatic N) is 2. The van der Waals surface area contributed by atoms with E-state index in [4.69, 9.17) is 0 Å². The molecule has 0 atom stereocenters. The fourth-order valence-electron chi connectivity index (χ4n) is 1.79. The monoisotopic (exact) mass is 303 g/mol.